The van der Waals surface area contributed by atoms with E-state index in [1.165, 1.54) is 0 Å². The van der Waals surface area contributed by atoms with E-state index in [1.807, 2.05) is 72.8 Å². The Labute approximate surface area is 194 Å². The number of fused-ring (bicyclic) bond motifs is 1. The highest BCUT2D eigenvalue weighted by atomic mass is 16.5. The van der Waals surface area contributed by atoms with E-state index in [9.17, 15) is 9.59 Å². The van der Waals surface area contributed by atoms with Gasteiger partial charge in [0.05, 0.1) is 18.9 Å². The summed E-state index contributed by atoms with van der Waals surface area (Å²) in [5.41, 5.74) is 1.69. The number of ether oxygens (including phenoxy) is 1. The van der Waals surface area contributed by atoms with E-state index < -0.39 is 12.1 Å². The lowest BCUT2D eigenvalue weighted by atomic mass is 10.1. The number of amides is 3. The molecule has 4 rings (SSSR count). The fraction of sp³-hybridized carbons (Fsp3) is 0.308. The van der Waals surface area contributed by atoms with Crippen LogP contribution in [-0.2, 0) is 16.0 Å². The molecule has 7 nitrogen and oxygen atoms in total. The Morgan fingerprint density at radius 2 is 1.64 bits per heavy atom. The highest BCUT2D eigenvalue weighted by Crippen LogP contribution is 2.22. The first kappa shape index (κ1) is 22.8. The molecule has 172 valence electrons. The number of morpholine rings is 1. The van der Waals surface area contributed by atoms with Gasteiger partial charge in [-0.15, -0.1) is 0 Å². The lowest BCUT2D eigenvalue weighted by Gasteiger charge is -2.27. The first-order valence-corrected chi connectivity index (χ1v) is 11.4. The molecule has 0 radical (unpaired) electrons. The topological polar surface area (TPSA) is 82.7 Å². The van der Waals surface area contributed by atoms with E-state index in [4.69, 9.17) is 4.74 Å². The highest BCUT2D eigenvalue weighted by Gasteiger charge is 2.22. The number of nitrogens with zero attached hydrogens (tertiary/aromatic N) is 1. The summed E-state index contributed by atoms with van der Waals surface area (Å²) >= 11 is 0. The summed E-state index contributed by atoms with van der Waals surface area (Å²) in [6.07, 6.45) is 0.410. The van der Waals surface area contributed by atoms with Crippen molar-refractivity contribution in [3.8, 4) is 0 Å². The molecule has 1 atom stereocenters. The van der Waals surface area contributed by atoms with Crippen molar-refractivity contribution in [2.75, 3.05) is 44.7 Å². The van der Waals surface area contributed by atoms with Crippen LogP contribution >= 0.6 is 0 Å². The summed E-state index contributed by atoms with van der Waals surface area (Å²) in [6.45, 7) is 4.47. The van der Waals surface area contributed by atoms with Gasteiger partial charge in [-0.05, 0) is 17.0 Å². The summed E-state index contributed by atoms with van der Waals surface area (Å²) in [6, 6.07) is 22.2. The first-order chi connectivity index (χ1) is 16.2. The van der Waals surface area contributed by atoms with Crippen LogP contribution < -0.4 is 16.0 Å². The Hall–Kier alpha value is -3.42. The molecule has 3 aromatic carbocycles. The van der Waals surface area contributed by atoms with E-state index in [0.29, 0.717) is 18.7 Å². The summed E-state index contributed by atoms with van der Waals surface area (Å²) in [5, 5.41) is 10.8. The second-order valence-electron chi connectivity index (χ2n) is 8.11. The van der Waals surface area contributed by atoms with Gasteiger partial charge >= 0.3 is 6.03 Å². The molecule has 1 aliphatic rings. The third kappa shape index (κ3) is 6.54. The lowest BCUT2D eigenvalue weighted by molar-refractivity contribution is -0.123. The second kappa shape index (κ2) is 11.4. The SMILES string of the molecule is O=C(Nc1cccc2ccccc12)NC(Cc1ccccc1)C(=O)NCCN1CCOCC1. The van der Waals surface area contributed by atoms with Crippen LogP contribution in [0.2, 0.25) is 0 Å². The van der Waals surface area contributed by atoms with Gasteiger partial charge in [-0.2, -0.15) is 0 Å². The average molecular weight is 447 g/mol. The molecule has 1 saturated heterocycles. The Morgan fingerprint density at radius 1 is 0.909 bits per heavy atom. The van der Waals surface area contributed by atoms with Crippen molar-refractivity contribution in [3.05, 3.63) is 78.4 Å². The zero-order chi connectivity index (χ0) is 22.9. The van der Waals surface area contributed by atoms with Crippen LogP contribution in [0.1, 0.15) is 5.56 Å². The van der Waals surface area contributed by atoms with Crippen molar-refractivity contribution in [1.82, 2.24) is 15.5 Å². The number of hydrogen-bond acceptors (Lipinski definition) is 4. The summed E-state index contributed by atoms with van der Waals surface area (Å²) in [5.74, 6) is -0.194. The molecule has 33 heavy (non-hydrogen) atoms. The average Bonchev–Trinajstić information content (AvgIpc) is 2.85. The Bertz CT molecular complexity index is 1060. The monoisotopic (exact) mass is 446 g/mol. The molecule has 0 bridgehead atoms. The zero-order valence-electron chi connectivity index (χ0n) is 18.6. The number of nitrogens with one attached hydrogen (secondary N) is 3. The molecule has 1 fully saturated rings. The molecule has 3 N–H and O–H groups in total. The van der Waals surface area contributed by atoms with Gasteiger partial charge in [0.15, 0.2) is 0 Å². The van der Waals surface area contributed by atoms with Crippen molar-refractivity contribution < 1.29 is 14.3 Å². The quantitative estimate of drug-likeness (QED) is 0.497. The third-order valence-electron chi connectivity index (χ3n) is 5.77. The minimum Gasteiger partial charge on any atom is -0.379 e. The fourth-order valence-electron chi connectivity index (χ4n) is 4.00. The molecular weight excluding hydrogens is 416 g/mol. The van der Waals surface area contributed by atoms with Crippen LogP contribution in [0.3, 0.4) is 0 Å². The standard InChI is InChI=1S/C26H30N4O3/c31-25(27-13-14-30-15-17-33-18-16-30)24(19-20-7-2-1-3-8-20)29-26(32)28-23-12-6-10-21-9-4-5-11-22(21)23/h1-12,24H,13-19H2,(H,27,31)(H2,28,29,32). The summed E-state index contributed by atoms with van der Waals surface area (Å²) < 4.78 is 5.37. The number of carbonyl (C=O) groups excluding carboxylic acids is 2. The molecule has 0 saturated carbocycles. The Morgan fingerprint density at radius 3 is 2.45 bits per heavy atom. The molecule has 1 heterocycles. The van der Waals surface area contributed by atoms with Gasteiger partial charge in [0.1, 0.15) is 6.04 Å². The molecule has 3 amide bonds. The predicted molar refractivity (Wildman–Crippen MR) is 130 cm³/mol. The smallest absolute Gasteiger partial charge is 0.319 e. The van der Waals surface area contributed by atoms with Gasteiger partial charge in [0.2, 0.25) is 5.91 Å². The molecule has 7 heteroatoms. The first-order valence-electron chi connectivity index (χ1n) is 11.4. The van der Waals surface area contributed by atoms with Crippen LogP contribution in [0, 0.1) is 0 Å². The van der Waals surface area contributed by atoms with Crippen LogP contribution in [0.4, 0.5) is 10.5 Å². The van der Waals surface area contributed by atoms with Crippen molar-refractivity contribution >= 4 is 28.4 Å². The minimum atomic E-state index is -0.688. The molecule has 0 aliphatic carbocycles. The third-order valence-corrected chi connectivity index (χ3v) is 5.77. The van der Waals surface area contributed by atoms with Gasteiger partial charge < -0.3 is 20.7 Å². The zero-order valence-corrected chi connectivity index (χ0v) is 18.6. The number of anilines is 1. The lowest BCUT2D eigenvalue weighted by Crippen LogP contribution is -2.51. The normalized spacial score (nSPS) is 15.0. The number of carbonyl (C=O) groups is 2. The predicted octanol–water partition coefficient (Wildman–Crippen LogP) is 3.02. The van der Waals surface area contributed by atoms with Crippen molar-refractivity contribution in [3.63, 3.8) is 0 Å². The van der Waals surface area contributed by atoms with Gasteiger partial charge in [-0.25, -0.2) is 4.79 Å². The maximum absolute atomic E-state index is 13.0. The molecule has 0 spiro atoms. The molecule has 1 aliphatic heterocycles. The molecule has 1 unspecified atom stereocenters. The molecule has 3 aromatic rings. The van der Waals surface area contributed by atoms with Gasteiger partial charge in [0, 0.05) is 38.0 Å². The number of rotatable bonds is 8. The van der Waals surface area contributed by atoms with Crippen molar-refractivity contribution in [2.45, 2.75) is 12.5 Å². The van der Waals surface area contributed by atoms with Gasteiger partial charge in [0.25, 0.3) is 0 Å². The van der Waals surface area contributed by atoms with Crippen molar-refractivity contribution in [2.24, 2.45) is 0 Å². The van der Waals surface area contributed by atoms with Crippen molar-refractivity contribution in [1.29, 1.82) is 0 Å². The Kier molecular flexibility index (Phi) is 7.90. The van der Waals surface area contributed by atoms with Crippen LogP contribution in [0.15, 0.2) is 72.8 Å². The molecular formula is C26H30N4O3. The van der Waals surface area contributed by atoms with E-state index in [1.54, 1.807) is 0 Å². The van der Waals surface area contributed by atoms with Crippen LogP contribution in [0.5, 0.6) is 0 Å². The fourth-order valence-corrected chi connectivity index (χ4v) is 4.00. The van der Waals surface area contributed by atoms with Gasteiger partial charge in [-0.1, -0.05) is 66.7 Å². The summed E-state index contributed by atoms with van der Waals surface area (Å²) in [4.78, 5) is 28.1. The van der Waals surface area contributed by atoms with E-state index >= 15 is 0 Å². The minimum absolute atomic E-state index is 0.194. The number of urea groups is 1. The number of benzene rings is 3. The highest BCUT2D eigenvalue weighted by molar-refractivity contribution is 6.02. The van der Waals surface area contributed by atoms with Crippen LogP contribution in [-0.4, -0.2) is 62.3 Å². The second-order valence-corrected chi connectivity index (χ2v) is 8.11. The van der Waals surface area contributed by atoms with Crippen LogP contribution in [0.25, 0.3) is 10.8 Å². The maximum atomic E-state index is 13.0. The molecule has 0 aromatic heterocycles. The largest absolute Gasteiger partial charge is 0.379 e. The van der Waals surface area contributed by atoms with Gasteiger partial charge in [-0.3, -0.25) is 9.69 Å². The van der Waals surface area contributed by atoms with E-state index in [0.717, 1.165) is 49.2 Å². The maximum Gasteiger partial charge on any atom is 0.319 e. The van der Waals surface area contributed by atoms with E-state index in [-0.39, 0.29) is 5.91 Å². The summed E-state index contributed by atoms with van der Waals surface area (Å²) in [7, 11) is 0. The van der Waals surface area contributed by atoms with E-state index in [2.05, 4.69) is 20.9 Å². The Balaban J connectivity index is 1.40. The number of hydrogen-bond donors (Lipinski definition) is 3.